The second-order valence-corrected chi connectivity index (χ2v) is 7.52. The minimum absolute atomic E-state index is 0.287. The molecule has 0 saturated heterocycles. The normalized spacial score (nSPS) is 14.4. The third-order valence-corrected chi connectivity index (χ3v) is 5.79. The van der Waals surface area contributed by atoms with Gasteiger partial charge in [-0.2, -0.15) is 5.26 Å². The number of nitriles is 1. The molecule has 1 aromatic heterocycles. The van der Waals surface area contributed by atoms with Gasteiger partial charge in [-0.25, -0.2) is 9.78 Å². The Bertz CT molecular complexity index is 1200. The zero-order valence-corrected chi connectivity index (χ0v) is 16.9. The molecule has 1 aliphatic rings. The van der Waals surface area contributed by atoms with Gasteiger partial charge >= 0.3 is 5.97 Å². The Kier molecular flexibility index (Phi) is 5.53. The van der Waals surface area contributed by atoms with Crippen LogP contribution in [0.2, 0.25) is 10.0 Å². The highest BCUT2D eigenvalue weighted by Crippen LogP contribution is 2.37. The van der Waals surface area contributed by atoms with Crippen LogP contribution < -0.4 is 0 Å². The number of ether oxygens (including phenoxy) is 1. The molecule has 0 atom stereocenters. The van der Waals surface area contributed by atoms with Crippen molar-refractivity contribution in [3.63, 3.8) is 0 Å². The maximum Gasteiger partial charge on any atom is 0.340 e. The van der Waals surface area contributed by atoms with E-state index in [1.54, 1.807) is 6.07 Å². The third-order valence-electron chi connectivity index (χ3n) is 4.95. The molecular weight excluding hydrogens is 407 g/mol. The number of hydrogen-bond acceptors (Lipinski definition) is 4. The number of para-hydroxylation sites is 1. The minimum atomic E-state index is -0.497. The molecule has 4 rings (SSSR count). The molecule has 0 radical (unpaired) electrons. The van der Waals surface area contributed by atoms with Crippen molar-refractivity contribution in [2.24, 2.45) is 0 Å². The maximum atomic E-state index is 12.8. The minimum Gasteiger partial charge on any atom is -0.447 e. The lowest BCUT2D eigenvalue weighted by molar-refractivity contribution is 0.0556. The predicted octanol–water partition coefficient (Wildman–Crippen LogP) is 6.10. The maximum absolute atomic E-state index is 12.8. The van der Waals surface area contributed by atoms with Crippen LogP contribution in [-0.2, 0) is 11.2 Å². The number of hydrogen-bond donors (Lipinski definition) is 0. The molecule has 6 heteroatoms. The summed E-state index contributed by atoms with van der Waals surface area (Å²) in [4.78, 5) is 17.6. The van der Waals surface area contributed by atoms with Gasteiger partial charge in [0.2, 0.25) is 0 Å². The largest absolute Gasteiger partial charge is 0.447 e. The number of nitrogens with zero attached hydrogens (tertiary/aromatic N) is 2. The van der Waals surface area contributed by atoms with E-state index < -0.39 is 5.97 Å². The molecule has 0 bridgehead atoms. The molecule has 0 unspecified atom stereocenters. The Hall–Kier alpha value is -2.87. The van der Waals surface area contributed by atoms with E-state index in [0.717, 1.165) is 40.6 Å². The fourth-order valence-electron chi connectivity index (χ4n) is 3.70. The van der Waals surface area contributed by atoms with Gasteiger partial charge in [0.1, 0.15) is 6.07 Å². The monoisotopic (exact) mass is 422 g/mol. The van der Waals surface area contributed by atoms with E-state index >= 15 is 0 Å². The second kappa shape index (κ2) is 8.24. The topological polar surface area (TPSA) is 63.0 Å². The standard InChI is InChI=1S/C23H16Cl2N2O2/c24-18-9-4-5-14(21(18)25)13-15-6-3-8-17-20(23(28)29-12-11-26)16-7-1-2-10-19(16)27-22(15)17/h1-2,4-5,7,9-10,13H,3,6,8,12H2/b15-13+. The van der Waals surface area contributed by atoms with Crippen LogP contribution in [0.4, 0.5) is 0 Å². The van der Waals surface area contributed by atoms with E-state index in [-0.39, 0.29) is 6.61 Å². The highest BCUT2D eigenvalue weighted by Gasteiger charge is 2.26. The molecule has 0 N–H and O–H groups in total. The number of benzene rings is 2. The molecule has 0 aliphatic heterocycles. The second-order valence-electron chi connectivity index (χ2n) is 6.73. The van der Waals surface area contributed by atoms with Crippen molar-refractivity contribution < 1.29 is 9.53 Å². The van der Waals surface area contributed by atoms with Crippen molar-refractivity contribution in [2.45, 2.75) is 19.3 Å². The van der Waals surface area contributed by atoms with Crippen LogP contribution in [0, 0.1) is 11.3 Å². The smallest absolute Gasteiger partial charge is 0.340 e. The van der Waals surface area contributed by atoms with E-state index in [1.165, 1.54) is 0 Å². The molecule has 1 aliphatic carbocycles. The van der Waals surface area contributed by atoms with Crippen LogP contribution in [0.3, 0.4) is 0 Å². The van der Waals surface area contributed by atoms with Crippen LogP contribution in [0.1, 0.15) is 40.0 Å². The van der Waals surface area contributed by atoms with Crippen molar-refractivity contribution in [1.29, 1.82) is 5.26 Å². The zero-order valence-electron chi connectivity index (χ0n) is 15.4. The summed E-state index contributed by atoms with van der Waals surface area (Å²) < 4.78 is 5.15. The van der Waals surface area contributed by atoms with Gasteiger partial charge in [0, 0.05) is 5.39 Å². The van der Waals surface area contributed by atoms with Crippen molar-refractivity contribution in [2.75, 3.05) is 6.61 Å². The number of fused-ring (bicyclic) bond motifs is 2. The Morgan fingerprint density at radius 3 is 2.83 bits per heavy atom. The van der Waals surface area contributed by atoms with Crippen LogP contribution in [0.5, 0.6) is 0 Å². The van der Waals surface area contributed by atoms with Crippen LogP contribution in [0.15, 0.2) is 42.5 Å². The first-order chi connectivity index (χ1) is 14.1. The number of halogens is 2. The number of carbonyl (C=O) groups is 1. The molecule has 0 fully saturated rings. The lowest BCUT2D eigenvalue weighted by atomic mass is 9.86. The zero-order chi connectivity index (χ0) is 20.4. The van der Waals surface area contributed by atoms with Crippen molar-refractivity contribution in [3.8, 4) is 6.07 Å². The van der Waals surface area contributed by atoms with Gasteiger partial charge in [-0.05, 0) is 54.2 Å². The Labute approximate surface area is 178 Å². The Balaban J connectivity index is 1.93. The molecule has 1 heterocycles. The summed E-state index contributed by atoms with van der Waals surface area (Å²) in [6, 6.07) is 14.8. The predicted molar refractivity (Wildman–Crippen MR) is 115 cm³/mol. The quantitative estimate of drug-likeness (QED) is 0.478. The first-order valence-corrected chi connectivity index (χ1v) is 9.96. The molecule has 29 heavy (non-hydrogen) atoms. The molecule has 4 nitrogen and oxygen atoms in total. The lowest BCUT2D eigenvalue weighted by Crippen LogP contribution is -2.15. The molecule has 0 spiro atoms. The number of pyridine rings is 1. The number of carbonyl (C=O) groups excluding carboxylic acids is 1. The van der Waals surface area contributed by atoms with Gasteiger partial charge in [0.25, 0.3) is 0 Å². The van der Waals surface area contributed by atoms with Crippen LogP contribution >= 0.6 is 23.2 Å². The van der Waals surface area contributed by atoms with Crippen molar-refractivity contribution in [1.82, 2.24) is 4.98 Å². The third kappa shape index (κ3) is 3.72. The highest BCUT2D eigenvalue weighted by molar-refractivity contribution is 6.43. The summed E-state index contributed by atoms with van der Waals surface area (Å²) in [5, 5.41) is 10.5. The van der Waals surface area contributed by atoms with Crippen molar-refractivity contribution in [3.05, 3.63) is 74.9 Å². The summed E-state index contributed by atoms with van der Waals surface area (Å²) in [5.74, 6) is -0.497. The summed E-state index contributed by atoms with van der Waals surface area (Å²) >= 11 is 12.5. The first kappa shape index (κ1) is 19.4. The van der Waals surface area contributed by atoms with E-state index in [9.17, 15) is 4.79 Å². The Morgan fingerprint density at radius 1 is 1.17 bits per heavy atom. The molecule has 0 amide bonds. The molecule has 144 valence electrons. The van der Waals surface area contributed by atoms with Crippen molar-refractivity contribution >= 4 is 51.7 Å². The van der Waals surface area contributed by atoms with Crippen LogP contribution in [0.25, 0.3) is 22.6 Å². The van der Waals surface area contributed by atoms with Gasteiger partial charge in [-0.1, -0.05) is 53.5 Å². The molecule has 2 aromatic carbocycles. The van der Waals surface area contributed by atoms with Gasteiger partial charge in [-0.15, -0.1) is 0 Å². The first-order valence-electron chi connectivity index (χ1n) is 9.21. The summed E-state index contributed by atoms with van der Waals surface area (Å²) in [5.41, 5.74) is 4.63. The number of aromatic nitrogens is 1. The lowest BCUT2D eigenvalue weighted by Gasteiger charge is -2.22. The van der Waals surface area contributed by atoms with Crippen LogP contribution in [-0.4, -0.2) is 17.6 Å². The van der Waals surface area contributed by atoms with E-state index in [4.69, 9.17) is 38.2 Å². The summed E-state index contributed by atoms with van der Waals surface area (Å²) in [6.07, 6.45) is 4.38. The van der Waals surface area contributed by atoms with E-state index in [2.05, 4.69) is 0 Å². The summed E-state index contributed by atoms with van der Waals surface area (Å²) in [6.45, 7) is -0.287. The molecular formula is C23H16Cl2N2O2. The van der Waals surface area contributed by atoms with Gasteiger partial charge in [0.05, 0.1) is 26.8 Å². The average molecular weight is 423 g/mol. The average Bonchev–Trinajstić information content (AvgIpc) is 2.74. The highest BCUT2D eigenvalue weighted by atomic mass is 35.5. The van der Waals surface area contributed by atoms with Gasteiger partial charge < -0.3 is 4.74 Å². The van der Waals surface area contributed by atoms with E-state index in [1.807, 2.05) is 48.5 Å². The molecule has 0 saturated carbocycles. The number of allylic oxidation sites excluding steroid dienone is 1. The number of rotatable bonds is 3. The van der Waals surface area contributed by atoms with E-state index in [0.29, 0.717) is 27.5 Å². The SMILES string of the molecule is N#CCOC(=O)c1c2c(nc3ccccc13)/C(=C/c1cccc(Cl)c1Cl)CCC2. The number of esters is 1. The fraction of sp³-hybridized carbons (Fsp3) is 0.174. The fourth-order valence-corrected chi connectivity index (χ4v) is 4.06. The molecule has 3 aromatic rings. The van der Waals surface area contributed by atoms with Gasteiger partial charge in [0.15, 0.2) is 6.61 Å². The Morgan fingerprint density at radius 2 is 2.00 bits per heavy atom. The van der Waals surface area contributed by atoms with Gasteiger partial charge in [-0.3, -0.25) is 0 Å². The summed E-state index contributed by atoms with van der Waals surface area (Å²) in [7, 11) is 0.